The van der Waals surface area contributed by atoms with Crippen molar-refractivity contribution in [1.82, 2.24) is 4.90 Å². The minimum Gasteiger partial charge on any atom is -0.484 e. The first kappa shape index (κ1) is 27.0. The van der Waals surface area contributed by atoms with Gasteiger partial charge in [0.25, 0.3) is 11.8 Å². The molecule has 1 heterocycles. The molecular formula is C29H30ClN3O5. The summed E-state index contributed by atoms with van der Waals surface area (Å²) in [5.41, 5.74) is 3.06. The number of rotatable bonds is 8. The number of benzene rings is 3. The van der Waals surface area contributed by atoms with Crippen LogP contribution in [0.15, 0.2) is 66.7 Å². The number of hydrogen-bond donors (Lipinski definition) is 1. The van der Waals surface area contributed by atoms with Crippen molar-refractivity contribution in [2.75, 3.05) is 49.6 Å². The molecule has 0 saturated carbocycles. The number of hydrogen-bond acceptors (Lipinski definition) is 6. The average Bonchev–Trinajstić information content (AvgIpc) is 2.94. The number of carbonyl (C=O) groups is 3. The van der Waals surface area contributed by atoms with Crippen molar-refractivity contribution in [3.63, 3.8) is 0 Å². The third kappa shape index (κ3) is 6.63. The van der Waals surface area contributed by atoms with E-state index >= 15 is 0 Å². The fourth-order valence-electron chi connectivity index (χ4n) is 4.21. The topological polar surface area (TPSA) is 88.2 Å². The molecular weight excluding hydrogens is 506 g/mol. The third-order valence-electron chi connectivity index (χ3n) is 6.21. The Balaban J connectivity index is 1.47. The van der Waals surface area contributed by atoms with Gasteiger partial charge in [-0.1, -0.05) is 29.8 Å². The van der Waals surface area contributed by atoms with Crippen molar-refractivity contribution in [3.05, 3.63) is 88.4 Å². The number of halogens is 1. The summed E-state index contributed by atoms with van der Waals surface area (Å²) in [4.78, 5) is 41.9. The Hall–Kier alpha value is -4.04. The van der Waals surface area contributed by atoms with E-state index in [9.17, 15) is 14.4 Å². The Labute approximate surface area is 227 Å². The maximum atomic E-state index is 12.8. The quantitative estimate of drug-likeness (QED) is 0.417. The number of ether oxygens (including phenoxy) is 2. The van der Waals surface area contributed by atoms with Crippen LogP contribution in [-0.4, -0.2) is 62.1 Å². The average molecular weight is 536 g/mol. The van der Waals surface area contributed by atoms with E-state index in [0.29, 0.717) is 53.8 Å². The van der Waals surface area contributed by atoms with Crippen LogP contribution in [-0.2, 0) is 9.53 Å². The van der Waals surface area contributed by atoms with Gasteiger partial charge in [-0.25, -0.2) is 4.79 Å². The molecule has 198 valence electrons. The summed E-state index contributed by atoms with van der Waals surface area (Å²) < 4.78 is 10.8. The predicted octanol–water partition coefficient (Wildman–Crippen LogP) is 4.81. The lowest BCUT2D eigenvalue weighted by molar-refractivity contribution is -0.118. The summed E-state index contributed by atoms with van der Waals surface area (Å²) in [6, 6.07) is 19.5. The number of nitrogens with one attached hydrogen (secondary N) is 1. The van der Waals surface area contributed by atoms with Crippen LogP contribution in [0.25, 0.3) is 0 Å². The van der Waals surface area contributed by atoms with Crippen molar-refractivity contribution in [3.8, 4) is 5.75 Å². The fourth-order valence-corrected chi connectivity index (χ4v) is 4.33. The number of aryl methyl sites for hydroxylation is 1. The summed E-state index contributed by atoms with van der Waals surface area (Å²) in [5.74, 6) is -0.328. The Bertz CT molecular complexity index is 1310. The molecule has 0 radical (unpaired) electrons. The second-order valence-electron chi connectivity index (χ2n) is 8.85. The Kier molecular flexibility index (Phi) is 8.86. The van der Waals surface area contributed by atoms with Crippen LogP contribution < -0.4 is 15.0 Å². The van der Waals surface area contributed by atoms with E-state index in [1.165, 1.54) is 0 Å². The zero-order chi connectivity index (χ0) is 27.1. The standard InChI is InChI=1S/C29H30ClN3O5/c1-3-37-29(36)22-9-12-26(32-13-15-33(16-14-32)28(35)21-7-5-4-6-8-21)25(18-22)31-27(34)19-38-23-10-11-24(30)20(2)17-23/h4-12,17-18H,3,13-16,19H2,1-2H3,(H,31,34). The predicted molar refractivity (Wildman–Crippen MR) is 147 cm³/mol. The number of nitrogens with zero attached hydrogens (tertiary/aromatic N) is 2. The van der Waals surface area contributed by atoms with E-state index < -0.39 is 5.97 Å². The Morgan fingerprint density at radius 1 is 0.921 bits per heavy atom. The smallest absolute Gasteiger partial charge is 0.338 e. The van der Waals surface area contributed by atoms with Gasteiger partial charge in [0.2, 0.25) is 0 Å². The largest absolute Gasteiger partial charge is 0.484 e. The molecule has 38 heavy (non-hydrogen) atoms. The monoisotopic (exact) mass is 535 g/mol. The highest BCUT2D eigenvalue weighted by molar-refractivity contribution is 6.31. The maximum absolute atomic E-state index is 12.8. The van der Waals surface area contributed by atoms with Gasteiger partial charge in [-0.15, -0.1) is 0 Å². The maximum Gasteiger partial charge on any atom is 0.338 e. The minimum absolute atomic E-state index is 0.00831. The number of anilines is 2. The van der Waals surface area contributed by atoms with Crippen molar-refractivity contribution in [2.45, 2.75) is 13.8 Å². The van der Waals surface area contributed by atoms with Crippen molar-refractivity contribution >= 4 is 40.8 Å². The van der Waals surface area contributed by atoms with Crippen LogP contribution in [0.2, 0.25) is 5.02 Å². The van der Waals surface area contributed by atoms with Crippen molar-refractivity contribution in [2.24, 2.45) is 0 Å². The number of piperazine rings is 1. The van der Waals surface area contributed by atoms with Gasteiger partial charge in [0, 0.05) is 36.8 Å². The third-order valence-corrected chi connectivity index (χ3v) is 6.63. The van der Waals surface area contributed by atoms with E-state index in [0.717, 1.165) is 11.3 Å². The van der Waals surface area contributed by atoms with Gasteiger partial charge in [0.05, 0.1) is 23.5 Å². The molecule has 1 fully saturated rings. The summed E-state index contributed by atoms with van der Waals surface area (Å²) in [7, 11) is 0. The zero-order valence-corrected chi connectivity index (χ0v) is 22.2. The van der Waals surface area contributed by atoms with Gasteiger partial charge in [-0.2, -0.15) is 0 Å². The summed E-state index contributed by atoms with van der Waals surface area (Å²) in [5, 5.41) is 3.50. The van der Waals surface area contributed by atoms with Gasteiger partial charge in [-0.3, -0.25) is 9.59 Å². The van der Waals surface area contributed by atoms with E-state index in [2.05, 4.69) is 10.2 Å². The highest BCUT2D eigenvalue weighted by Crippen LogP contribution is 2.29. The molecule has 1 aliphatic rings. The normalized spacial score (nSPS) is 13.1. The molecule has 1 N–H and O–H groups in total. The first-order chi connectivity index (χ1) is 18.4. The second-order valence-corrected chi connectivity index (χ2v) is 9.25. The van der Waals surface area contributed by atoms with Gasteiger partial charge in [0.1, 0.15) is 5.75 Å². The lowest BCUT2D eigenvalue weighted by Crippen LogP contribution is -2.49. The lowest BCUT2D eigenvalue weighted by atomic mass is 10.1. The van der Waals surface area contributed by atoms with Gasteiger partial charge < -0.3 is 24.6 Å². The molecule has 2 amide bonds. The Morgan fingerprint density at radius 3 is 2.34 bits per heavy atom. The van der Waals surface area contributed by atoms with Crippen LogP contribution in [0.4, 0.5) is 11.4 Å². The SMILES string of the molecule is CCOC(=O)c1ccc(N2CCN(C(=O)c3ccccc3)CC2)c(NC(=O)COc2ccc(Cl)c(C)c2)c1. The summed E-state index contributed by atoms with van der Waals surface area (Å²) >= 11 is 6.06. The van der Waals surface area contributed by atoms with Gasteiger partial charge in [0.15, 0.2) is 6.61 Å². The molecule has 0 aromatic heterocycles. The molecule has 1 saturated heterocycles. The first-order valence-electron chi connectivity index (χ1n) is 12.4. The molecule has 0 atom stereocenters. The first-order valence-corrected chi connectivity index (χ1v) is 12.8. The molecule has 3 aromatic rings. The highest BCUT2D eigenvalue weighted by Gasteiger charge is 2.24. The zero-order valence-electron chi connectivity index (χ0n) is 21.4. The summed E-state index contributed by atoms with van der Waals surface area (Å²) in [6.07, 6.45) is 0. The van der Waals surface area contributed by atoms with Gasteiger partial charge in [-0.05, 0) is 67.9 Å². The van der Waals surface area contributed by atoms with Crippen molar-refractivity contribution < 1.29 is 23.9 Å². The van der Waals surface area contributed by atoms with Crippen LogP contribution in [0.3, 0.4) is 0 Å². The molecule has 9 heteroatoms. The van der Waals surface area contributed by atoms with Crippen LogP contribution >= 0.6 is 11.6 Å². The van der Waals surface area contributed by atoms with E-state index in [4.69, 9.17) is 21.1 Å². The van der Waals surface area contributed by atoms with Crippen LogP contribution in [0.1, 0.15) is 33.2 Å². The Morgan fingerprint density at radius 2 is 1.66 bits per heavy atom. The molecule has 3 aromatic carbocycles. The van der Waals surface area contributed by atoms with E-state index in [1.807, 2.05) is 42.2 Å². The number of amides is 2. The molecule has 0 bridgehead atoms. The van der Waals surface area contributed by atoms with E-state index in [-0.39, 0.29) is 25.0 Å². The second kappa shape index (κ2) is 12.5. The molecule has 4 rings (SSSR count). The lowest BCUT2D eigenvalue weighted by Gasteiger charge is -2.37. The molecule has 0 spiro atoms. The molecule has 8 nitrogen and oxygen atoms in total. The van der Waals surface area contributed by atoms with Crippen LogP contribution in [0, 0.1) is 6.92 Å². The highest BCUT2D eigenvalue weighted by atomic mass is 35.5. The fraction of sp³-hybridized carbons (Fsp3) is 0.276. The summed E-state index contributed by atoms with van der Waals surface area (Å²) in [6.45, 7) is 5.81. The molecule has 0 aliphatic carbocycles. The number of carbonyl (C=O) groups excluding carboxylic acids is 3. The van der Waals surface area contributed by atoms with E-state index in [1.54, 1.807) is 43.3 Å². The van der Waals surface area contributed by atoms with Crippen LogP contribution in [0.5, 0.6) is 5.75 Å². The number of esters is 1. The van der Waals surface area contributed by atoms with Gasteiger partial charge >= 0.3 is 5.97 Å². The van der Waals surface area contributed by atoms with Crippen molar-refractivity contribution in [1.29, 1.82) is 0 Å². The minimum atomic E-state index is -0.472. The molecule has 0 unspecified atom stereocenters. The molecule has 1 aliphatic heterocycles.